The molecule has 164 valence electrons. The van der Waals surface area contributed by atoms with Gasteiger partial charge in [0.2, 0.25) is 0 Å². The van der Waals surface area contributed by atoms with E-state index in [1.165, 1.54) is 11.6 Å². The third-order valence-corrected chi connectivity index (χ3v) is 5.93. The fourth-order valence-corrected chi connectivity index (χ4v) is 4.11. The maximum absolute atomic E-state index is 12.7. The summed E-state index contributed by atoms with van der Waals surface area (Å²) in [5.41, 5.74) is 3.22. The van der Waals surface area contributed by atoms with E-state index in [0.717, 1.165) is 28.5 Å². The average Bonchev–Trinajstić information content (AvgIpc) is 2.65. The Morgan fingerprint density at radius 1 is 1.16 bits per heavy atom. The number of aliphatic hydroxyl groups excluding tert-OH is 1. The van der Waals surface area contributed by atoms with Crippen molar-refractivity contribution in [2.24, 2.45) is 0 Å². The molecule has 4 rings (SSSR count). The molecule has 0 spiro atoms. The Morgan fingerprint density at radius 3 is 2.61 bits per heavy atom. The van der Waals surface area contributed by atoms with Gasteiger partial charge < -0.3 is 24.8 Å². The highest BCUT2D eigenvalue weighted by Gasteiger charge is 2.38. The second-order valence-electron chi connectivity index (χ2n) is 9.15. The molecule has 2 heterocycles. The van der Waals surface area contributed by atoms with E-state index in [-0.39, 0.29) is 35.0 Å². The van der Waals surface area contributed by atoms with Crippen LogP contribution in [0.5, 0.6) is 23.0 Å². The molecule has 0 fully saturated rings. The summed E-state index contributed by atoms with van der Waals surface area (Å²) in [6.07, 6.45) is 2.06. The molecular weight excluding hydrogens is 396 g/mol. The summed E-state index contributed by atoms with van der Waals surface area (Å²) in [5.74, 6) is 0.240. The number of hydrogen-bond acceptors (Lipinski definition) is 6. The average molecular weight is 424 g/mol. The van der Waals surface area contributed by atoms with Crippen LogP contribution in [0.2, 0.25) is 0 Å². The lowest BCUT2D eigenvalue weighted by Crippen LogP contribution is -2.46. The molecule has 0 saturated heterocycles. The van der Waals surface area contributed by atoms with Gasteiger partial charge in [-0.25, -0.2) is 0 Å². The fourth-order valence-electron chi connectivity index (χ4n) is 4.11. The van der Waals surface area contributed by atoms with Gasteiger partial charge in [-0.15, -0.1) is 0 Å². The van der Waals surface area contributed by atoms with Gasteiger partial charge in [-0.3, -0.25) is 4.79 Å². The number of Topliss-reactive ketones (excluding diaryl/α,β-unsaturated/α-hetero) is 1. The molecule has 2 aliphatic heterocycles. The first-order valence-electron chi connectivity index (χ1n) is 10.5. The highest BCUT2D eigenvalue weighted by atomic mass is 16.5. The molecule has 3 N–H and O–H groups in total. The summed E-state index contributed by atoms with van der Waals surface area (Å²) < 4.78 is 12.2. The minimum atomic E-state index is -0.695. The molecule has 0 aromatic heterocycles. The van der Waals surface area contributed by atoms with Gasteiger partial charge in [-0.2, -0.15) is 0 Å². The summed E-state index contributed by atoms with van der Waals surface area (Å²) in [4.78, 5) is 12.7. The smallest absolute Gasteiger partial charge is 0.174 e. The topological polar surface area (TPSA) is 96.2 Å². The van der Waals surface area contributed by atoms with Crippen LogP contribution in [0.15, 0.2) is 35.9 Å². The number of ether oxygens (including phenoxy) is 2. The highest BCUT2D eigenvalue weighted by Crippen LogP contribution is 2.44. The number of ketones is 1. The molecule has 2 aromatic rings. The van der Waals surface area contributed by atoms with Crippen LogP contribution in [0.3, 0.4) is 0 Å². The minimum absolute atomic E-state index is 0.0705. The van der Waals surface area contributed by atoms with E-state index in [4.69, 9.17) is 9.47 Å². The fraction of sp³-hybridized carbons (Fsp3) is 0.400. The lowest BCUT2D eigenvalue weighted by Gasteiger charge is -2.38. The second-order valence-corrected chi connectivity index (χ2v) is 9.15. The molecular formula is C25H28O6. The van der Waals surface area contributed by atoms with Gasteiger partial charge in [-0.1, -0.05) is 11.6 Å². The van der Waals surface area contributed by atoms with Crippen molar-refractivity contribution in [3.63, 3.8) is 0 Å². The number of carbonyl (C=O) groups excluding carboxylic acids is 1. The Labute approximate surface area is 181 Å². The van der Waals surface area contributed by atoms with E-state index >= 15 is 0 Å². The molecule has 0 radical (unpaired) electrons. The number of rotatable bonds is 3. The molecule has 2 aromatic carbocycles. The van der Waals surface area contributed by atoms with Crippen molar-refractivity contribution >= 4 is 5.78 Å². The van der Waals surface area contributed by atoms with E-state index in [1.807, 2.05) is 39.8 Å². The van der Waals surface area contributed by atoms with Crippen LogP contribution in [-0.4, -0.2) is 32.8 Å². The van der Waals surface area contributed by atoms with Crippen LogP contribution in [0.25, 0.3) is 0 Å². The van der Waals surface area contributed by atoms with Gasteiger partial charge in [0, 0.05) is 18.6 Å². The van der Waals surface area contributed by atoms with E-state index in [0.29, 0.717) is 12.8 Å². The normalized spacial score (nSPS) is 21.4. The first-order valence-corrected chi connectivity index (χ1v) is 10.5. The molecule has 0 saturated carbocycles. The number of phenolic OH excluding ortho intramolecular Hbond substituents is 2. The Balaban J connectivity index is 1.77. The number of allylic oxidation sites excluding steroid dienone is 2. The molecule has 2 atom stereocenters. The Hall–Kier alpha value is -2.99. The van der Waals surface area contributed by atoms with Crippen LogP contribution >= 0.6 is 0 Å². The SMILES string of the molecule is CC(C)=CCc1cc([C@@H]2CC(=O)c3c(O)cc(O)cc3O2)cc2c1OC(C)(C)C(O)C2. The van der Waals surface area contributed by atoms with Crippen molar-refractivity contribution < 1.29 is 29.6 Å². The summed E-state index contributed by atoms with van der Waals surface area (Å²) in [6.45, 7) is 7.81. The maximum Gasteiger partial charge on any atom is 0.174 e. The van der Waals surface area contributed by atoms with Gasteiger partial charge in [0.15, 0.2) is 5.78 Å². The number of phenols is 2. The van der Waals surface area contributed by atoms with Crippen molar-refractivity contribution in [2.75, 3.05) is 0 Å². The predicted molar refractivity (Wildman–Crippen MR) is 116 cm³/mol. The molecule has 6 nitrogen and oxygen atoms in total. The van der Waals surface area contributed by atoms with Crippen molar-refractivity contribution in [2.45, 2.75) is 64.8 Å². The van der Waals surface area contributed by atoms with Crippen LogP contribution in [-0.2, 0) is 12.8 Å². The van der Waals surface area contributed by atoms with Crippen LogP contribution in [0, 0.1) is 0 Å². The monoisotopic (exact) mass is 424 g/mol. The second kappa shape index (κ2) is 7.61. The Bertz CT molecular complexity index is 1080. The number of aromatic hydroxyl groups is 2. The summed E-state index contributed by atoms with van der Waals surface area (Å²) >= 11 is 0. The zero-order valence-electron chi connectivity index (χ0n) is 18.2. The predicted octanol–water partition coefficient (Wildman–Crippen LogP) is 4.39. The lowest BCUT2D eigenvalue weighted by atomic mass is 9.86. The quantitative estimate of drug-likeness (QED) is 0.633. The van der Waals surface area contributed by atoms with Crippen molar-refractivity contribution in [3.8, 4) is 23.0 Å². The van der Waals surface area contributed by atoms with E-state index in [2.05, 4.69) is 6.08 Å². The molecule has 0 bridgehead atoms. The first kappa shape index (κ1) is 21.2. The summed E-state index contributed by atoms with van der Waals surface area (Å²) in [6, 6.07) is 6.39. The number of carbonyl (C=O) groups is 1. The number of fused-ring (bicyclic) bond motifs is 2. The van der Waals surface area contributed by atoms with Gasteiger partial charge in [0.05, 0.1) is 12.5 Å². The number of benzene rings is 2. The van der Waals surface area contributed by atoms with Gasteiger partial charge in [-0.05, 0) is 62.9 Å². The third kappa shape index (κ3) is 4.00. The van der Waals surface area contributed by atoms with E-state index < -0.39 is 17.8 Å². The van der Waals surface area contributed by atoms with Gasteiger partial charge in [0.1, 0.15) is 40.3 Å². The van der Waals surface area contributed by atoms with Gasteiger partial charge in [0.25, 0.3) is 0 Å². The van der Waals surface area contributed by atoms with Gasteiger partial charge >= 0.3 is 0 Å². The molecule has 6 heteroatoms. The zero-order chi connectivity index (χ0) is 22.5. The molecule has 0 aliphatic carbocycles. The van der Waals surface area contributed by atoms with Crippen molar-refractivity contribution in [1.82, 2.24) is 0 Å². The minimum Gasteiger partial charge on any atom is -0.508 e. The zero-order valence-corrected chi connectivity index (χ0v) is 18.2. The molecule has 0 amide bonds. The van der Waals surface area contributed by atoms with Crippen molar-refractivity contribution in [1.29, 1.82) is 0 Å². The first-order chi connectivity index (χ1) is 14.5. The number of aliphatic hydroxyl groups is 1. The largest absolute Gasteiger partial charge is 0.508 e. The maximum atomic E-state index is 12.7. The lowest BCUT2D eigenvalue weighted by molar-refractivity contribution is -0.0417. The molecule has 1 unspecified atom stereocenters. The summed E-state index contributed by atoms with van der Waals surface area (Å²) in [5, 5.41) is 30.4. The highest BCUT2D eigenvalue weighted by molar-refractivity contribution is 6.02. The van der Waals surface area contributed by atoms with Crippen LogP contribution in [0.4, 0.5) is 0 Å². The van der Waals surface area contributed by atoms with Crippen LogP contribution < -0.4 is 9.47 Å². The van der Waals surface area contributed by atoms with E-state index in [1.54, 1.807) is 0 Å². The molecule has 31 heavy (non-hydrogen) atoms. The standard InChI is InChI=1S/C25H28O6/c1-13(2)5-6-14-7-15(8-16-9-22(29)25(3,4)31-24(14)16)20-12-19(28)23-18(27)10-17(26)11-21(23)30-20/h5,7-8,10-11,20,22,26-27,29H,6,9,12H2,1-4H3/t20-,22?/m0/s1. The van der Waals surface area contributed by atoms with E-state index in [9.17, 15) is 20.1 Å². The van der Waals surface area contributed by atoms with Crippen molar-refractivity contribution in [3.05, 3.63) is 58.2 Å². The third-order valence-electron chi connectivity index (χ3n) is 5.93. The summed E-state index contributed by atoms with van der Waals surface area (Å²) in [7, 11) is 0. The Morgan fingerprint density at radius 2 is 1.90 bits per heavy atom. The number of hydrogen-bond donors (Lipinski definition) is 3. The Kier molecular flexibility index (Phi) is 5.21. The van der Waals surface area contributed by atoms with Crippen LogP contribution in [0.1, 0.15) is 67.3 Å². The molecule has 2 aliphatic rings.